The highest BCUT2D eigenvalue weighted by molar-refractivity contribution is 5.38. The van der Waals surface area contributed by atoms with Crippen molar-refractivity contribution in [3.63, 3.8) is 0 Å². The molecule has 11 heavy (non-hydrogen) atoms. The highest BCUT2D eigenvalue weighted by atomic mass is 14.9. The van der Waals surface area contributed by atoms with Gasteiger partial charge in [0.25, 0.3) is 0 Å². The first-order chi connectivity index (χ1) is 5.25. The van der Waals surface area contributed by atoms with Gasteiger partial charge in [-0.2, -0.15) is 0 Å². The van der Waals surface area contributed by atoms with Crippen molar-refractivity contribution in [1.82, 2.24) is 9.97 Å². The minimum atomic E-state index is 0.455. The topological polar surface area (TPSA) is 51.8 Å². The lowest BCUT2D eigenvalue weighted by molar-refractivity contribution is 0.727. The fourth-order valence-corrected chi connectivity index (χ4v) is 0.949. The highest BCUT2D eigenvalue weighted by Gasteiger charge is 2.06. The molecule has 1 rings (SSSR count). The van der Waals surface area contributed by atoms with Gasteiger partial charge in [0.05, 0.1) is 0 Å². The van der Waals surface area contributed by atoms with Crippen molar-refractivity contribution in [2.24, 2.45) is 0 Å². The molecule has 1 heterocycles. The van der Waals surface area contributed by atoms with E-state index in [1.807, 2.05) is 0 Å². The molecule has 0 radical (unpaired) electrons. The molecular weight excluding hydrogens is 138 g/mol. The second kappa shape index (κ2) is 3.32. The summed E-state index contributed by atoms with van der Waals surface area (Å²) in [4.78, 5) is 7.84. The Morgan fingerprint density at radius 1 is 1.64 bits per heavy atom. The second-order valence-electron chi connectivity index (χ2n) is 2.67. The van der Waals surface area contributed by atoms with Gasteiger partial charge in [-0.25, -0.2) is 9.97 Å². The summed E-state index contributed by atoms with van der Waals surface area (Å²) in [6, 6.07) is 0. The van der Waals surface area contributed by atoms with Gasteiger partial charge in [-0.05, 0) is 12.3 Å². The van der Waals surface area contributed by atoms with E-state index in [9.17, 15) is 0 Å². The number of hydrogen-bond acceptors (Lipinski definition) is 3. The number of hydrogen-bond donors (Lipinski definition) is 1. The lowest BCUT2D eigenvalue weighted by Crippen LogP contribution is -2.01. The third-order valence-electron chi connectivity index (χ3n) is 1.92. The van der Waals surface area contributed by atoms with Crippen molar-refractivity contribution in [3.05, 3.63) is 18.1 Å². The van der Waals surface area contributed by atoms with E-state index in [0.29, 0.717) is 11.7 Å². The SMILES string of the molecule is CCC(C)c1cncnc1N. The van der Waals surface area contributed by atoms with Crippen molar-refractivity contribution in [2.75, 3.05) is 5.73 Å². The van der Waals surface area contributed by atoms with Crippen LogP contribution in [0.25, 0.3) is 0 Å². The summed E-state index contributed by atoms with van der Waals surface area (Å²) in [6.45, 7) is 4.24. The summed E-state index contributed by atoms with van der Waals surface area (Å²) in [5.74, 6) is 1.06. The molecule has 0 aliphatic carbocycles. The first-order valence-electron chi connectivity index (χ1n) is 3.81. The molecule has 60 valence electrons. The summed E-state index contributed by atoms with van der Waals surface area (Å²) in [5.41, 5.74) is 6.70. The summed E-state index contributed by atoms with van der Waals surface area (Å²) < 4.78 is 0. The van der Waals surface area contributed by atoms with Gasteiger partial charge in [0, 0.05) is 11.8 Å². The minimum absolute atomic E-state index is 0.455. The smallest absolute Gasteiger partial charge is 0.130 e. The van der Waals surface area contributed by atoms with Crippen LogP contribution in [0.3, 0.4) is 0 Å². The quantitative estimate of drug-likeness (QED) is 0.698. The van der Waals surface area contributed by atoms with E-state index in [1.165, 1.54) is 6.33 Å². The Balaban J connectivity index is 2.93. The van der Waals surface area contributed by atoms with E-state index >= 15 is 0 Å². The maximum atomic E-state index is 5.65. The van der Waals surface area contributed by atoms with Crippen molar-refractivity contribution >= 4 is 5.82 Å². The van der Waals surface area contributed by atoms with Crippen molar-refractivity contribution in [2.45, 2.75) is 26.2 Å². The predicted octanol–water partition coefficient (Wildman–Crippen LogP) is 1.57. The van der Waals surface area contributed by atoms with Crippen LogP contribution in [-0.4, -0.2) is 9.97 Å². The molecule has 3 nitrogen and oxygen atoms in total. The number of nitrogen functional groups attached to an aromatic ring is 1. The highest BCUT2D eigenvalue weighted by Crippen LogP contribution is 2.20. The fraction of sp³-hybridized carbons (Fsp3) is 0.500. The number of aromatic nitrogens is 2. The molecule has 0 saturated carbocycles. The van der Waals surface area contributed by atoms with E-state index in [4.69, 9.17) is 5.73 Å². The molecule has 0 saturated heterocycles. The van der Waals surface area contributed by atoms with Gasteiger partial charge in [0.15, 0.2) is 0 Å². The minimum Gasteiger partial charge on any atom is -0.383 e. The molecule has 0 spiro atoms. The zero-order valence-electron chi connectivity index (χ0n) is 6.91. The Kier molecular flexibility index (Phi) is 2.41. The predicted molar refractivity (Wildman–Crippen MR) is 45.2 cm³/mol. The normalized spacial score (nSPS) is 12.9. The van der Waals surface area contributed by atoms with E-state index in [-0.39, 0.29) is 0 Å². The molecule has 0 amide bonds. The van der Waals surface area contributed by atoms with Crippen LogP contribution in [0, 0.1) is 0 Å². The lowest BCUT2D eigenvalue weighted by atomic mass is 10.0. The molecule has 0 aliphatic rings. The fourth-order valence-electron chi connectivity index (χ4n) is 0.949. The summed E-state index contributed by atoms with van der Waals surface area (Å²) in [5, 5.41) is 0. The molecule has 1 aromatic heterocycles. The summed E-state index contributed by atoms with van der Waals surface area (Å²) in [6.07, 6.45) is 4.33. The zero-order chi connectivity index (χ0) is 8.27. The van der Waals surface area contributed by atoms with E-state index < -0.39 is 0 Å². The van der Waals surface area contributed by atoms with Crippen LogP contribution in [0.2, 0.25) is 0 Å². The largest absolute Gasteiger partial charge is 0.383 e. The number of anilines is 1. The lowest BCUT2D eigenvalue weighted by Gasteiger charge is -2.08. The van der Waals surface area contributed by atoms with Crippen molar-refractivity contribution in [3.8, 4) is 0 Å². The molecule has 0 fully saturated rings. The second-order valence-corrected chi connectivity index (χ2v) is 2.67. The molecule has 3 heteroatoms. The van der Waals surface area contributed by atoms with Crippen molar-refractivity contribution in [1.29, 1.82) is 0 Å². The van der Waals surface area contributed by atoms with Gasteiger partial charge in [-0.1, -0.05) is 13.8 Å². The van der Waals surface area contributed by atoms with Gasteiger partial charge in [0.1, 0.15) is 12.1 Å². The van der Waals surface area contributed by atoms with Crippen LogP contribution >= 0.6 is 0 Å². The summed E-state index contributed by atoms with van der Waals surface area (Å²) in [7, 11) is 0. The maximum absolute atomic E-state index is 5.65. The van der Waals surface area contributed by atoms with Gasteiger partial charge >= 0.3 is 0 Å². The molecule has 1 unspecified atom stereocenters. The van der Waals surface area contributed by atoms with Crippen LogP contribution in [-0.2, 0) is 0 Å². The molecule has 1 atom stereocenters. The number of nitrogens with zero attached hydrogens (tertiary/aromatic N) is 2. The molecule has 2 N–H and O–H groups in total. The number of nitrogens with two attached hydrogens (primary N) is 1. The van der Waals surface area contributed by atoms with E-state index in [0.717, 1.165) is 12.0 Å². The van der Waals surface area contributed by atoms with Gasteiger partial charge in [-0.15, -0.1) is 0 Å². The zero-order valence-corrected chi connectivity index (χ0v) is 6.91. The van der Waals surface area contributed by atoms with Crippen LogP contribution in [0.4, 0.5) is 5.82 Å². The van der Waals surface area contributed by atoms with E-state index in [2.05, 4.69) is 23.8 Å². The first-order valence-corrected chi connectivity index (χ1v) is 3.81. The van der Waals surface area contributed by atoms with E-state index in [1.54, 1.807) is 6.20 Å². The van der Waals surface area contributed by atoms with Crippen LogP contribution in [0.1, 0.15) is 31.7 Å². The standard InChI is InChI=1S/C8H13N3/c1-3-6(2)7-4-10-5-11-8(7)9/h4-6H,3H2,1-2H3,(H2,9,10,11). The molecule has 0 aliphatic heterocycles. The Morgan fingerprint density at radius 3 is 2.91 bits per heavy atom. The van der Waals surface area contributed by atoms with Gasteiger partial charge in [0.2, 0.25) is 0 Å². The van der Waals surface area contributed by atoms with Crippen LogP contribution in [0.15, 0.2) is 12.5 Å². The Hall–Kier alpha value is -1.12. The van der Waals surface area contributed by atoms with Crippen LogP contribution < -0.4 is 5.73 Å². The summed E-state index contributed by atoms with van der Waals surface area (Å²) >= 11 is 0. The number of rotatable bonds is 2. The third-order valence-corrected chi connectivity index (χ3v) is 1.92. The van der Waals surface area contributed by atoms with Crippen molar-refractivity contribution < 1.29 is 0 Å². The van der Waals surface area contributed by atoms with Crippen LogP contribution in [0.5, 0.6) is 0 Å². The maximum Gasteiger partial charge on any atom is 0.130 e. The monoisotopic (exact) mass is 151 g/mol. The molecule has 1 aromatic rings. The van der Waals surface area contributed by atoms with Gasteiger partial charge < -0.3 is 5.73 Å². The molecule has 0 bridgehead atoms. The third kappa shape index (κ3) is 1.67. The Bertz CT molecular complexity index is 235. The average molecular weight is 151 g/mol. The average Bonchev–Trinajstić information content (AvgIpc) is 2.04. The Morgan fingerprint density at radius 2 is 2.36 bits per heavy atom. The van der Waals surface area contributed by atoms with Gasteiger partial charge in [-0.3, -0.25) is 0 Å². The first kappa shape index (κ1) is 7.98. The molecular formula is C8H13N3. The Labute approximate surface area is 66.7 Å². The molecule has 0 aromatic carbocycles.